The number of ether oxygens (including phenoxy) is 1. The maximum absolute atomic E-state index is 13.0. The van der Waals surface area contributed by atoms with Gasteiger partial charge in [-0.15, -0.1) is 0 Å². The number of rotatable bonds is 6. The van der Waals surface area contributed by atoms with Crippen molar-refractivity contribution in [1.29, 1.82) is 0 Å². The van der Waals surface area contributed by atoms with Crippen LogP contribution in [-0.4, -0.2) is 36.6 Å². The average molecular weight is 268 g/mol. The molecule has 1 atom stereocenters. The molecule has 1 rings (SSSR count). The zero-order valence-electron chi connectivity index (χ0n) is 11.9. The number of hydrogen-bond donors (Lipinski definition) is 0. The number of carbonyl (C=O) groups excluding carboxylic acids is 1. The van der Waals surface area contributed by atoms with E-state index in [0.717, 1.165) is 0 Å². The standard InChI is InChI=1S/C14H21FN2O2/c1-5-14(17(3)4,9-13(18)19-6-2)12-8-7-11(15)10-16-12/h7-8,10H,5-6,9H2,1-4H3. The molecule has 1 heterocycles. The summed E-state index contributed by atoms with van der Waals surface area (Å²) in [5.41, 5.74) is 0.106. The molecule has 0 aliphatic carbocycles. The largest absolute Gasteiger partial charge is 0.466 e. The third kappa shape index (κ3) is 3.50. The van der Waals surface area contributed by atoms with E-state index in [2.05, 4.69) is 4.98 Å². The van der Waals surface area contributed by atoms with E-state index < -0.39 is 5.54 Å². The quantitative estimate of drug-likeness (QED) is 0.743. The van der Waals surface area contributed by atoms with E-state index in [4.69, 9.17) is 4.74 Å². The Morgan fingerprint density at radius 1 is 1.42 bits per heavy atom. The fourth-order valence-corrected chi connectivity index (χ4v) is 2.20. The van der Waals surface area contributed by atoms with Gasteiger partial charge in [0.15, 0.2) is 0 Å². The minimum Gasteiger partial charge on any atom is -0.466 e. The molecule has 0 aromatic carbocycles. The van der Waals surface area contributed by atoms with E-state index in [1.54, 1.807) is 13.0 Å². The summed E-state index contributed by atoms with van der Waals surface area (Å²) in [4.78, 5) is 17.9. The van der Waals surface area contributed by atoms with Gasteiger partial charge in [-0.2, -0.15) is 0 Å². The van der Waals surface area contributed by atoms with Crippen LogP contribution in [0.1, 0.15) is 32.4 Å². The first kappa shape index (κ1) is 15.6. The second-order valence-electron chi connectivity index (χ2n) is 4.62. The first-order valence-corrected chi connectivity index (χ1v) is 6.41. The summed E-state index contributed by atoms with van der Waals surface area (Å²) in [7, 11) is 3.77. The molecular weight excluding hydrogens is 247 g/mol. The molecule has 0 aliphatic heterocycles. The summed E-state index contributed by atoms with van der Waals surface area (Å²) >= 11 is 0. The molecule has 0 saturated heterocycles. The lowest BCUT2D eigenvalue weighted by Crippen LogP contribution is -2.43. The Morgan fingerprint density at radius 3 is 2.53 bits per heavy atom. The van der Waals surface area contributed by atoms with Gasteiger partial charge in [0.2, 0.25) is 0 Å². The van der Waals surface area contributed by atoms with Gasteiger partial charge in [0.05, 0.1) is 30.5 Å². The van der Waals surface area contributed by atoms with Gasteiger partial charge < -0.3 is 4.74 Å². The third-order valence-corrected chi connectivity index (χ3v) is 3.39. The number of pyridine rings is 1. The summed E-state index contributed by atoms with van der Waals surface area (Å²) in [6.45, 7) is 4.10. The van der Waals surface area contributed by atoms with E-state index in [9.17, 15) is 9.18 Å². The number of nitrogens with zero attached hydrogens (tertiary/aromatic N) is 2. The number of esters is 1. The van der Waals surface area contributed by atoms with Crippen molar-refractivity contribution in [2.24, 2.45) is 0 Å². The zero-order valence-corrected chi connectivity index (χ0v) is 11.9. The van der Waals surface area contributed by atoms with Crippen molar-refractivity contribution in [1.82, 2.24) is 9.88 Å². The monoisotopic (exact) mass is 268 g/mol. The highest BCUT2D eigenvalue weighted by Gasteiger charge is 2.37. The molecule has 1 unspecified atom stereocenters. The zero-order chi connectivity index (χ0) is 14.5. The number of carbonyl (C=O) groups is 1. The first-order valence-electron chi connectivity index (χ1n) is 6.41. The summed E-state index contributed by atoms with van der Waals surface area (Å²) in [6, 6.07) is 2.99. The minimum atomic E-state index is -0.569. The minimum absolute atomic E-state index is 0.197. The lowest BCUT2D eigenvalue weighted by Gasteiger charge is -2.38. The molecule has 106 valence electrons. The summed E-state index contributed by atoms with van der Waals surface area (Å²) in [6.07, 6.45) is 2.05. The highest BCUT2D eigenvalue weighted by atomic mass is 19.1. The molecule has 0 amide bonds. The second kappa shape index (κ2) is 6.61. The van der Waals surface area contributed by atoms with Crippen molar-refractivity contribution in [2.45, 2.75) is 32.2 Å². The molecular formula is C14H21FN2O2. The van der Waals surface area contributed by atoms with Crippen LogP contribution in [0.4, 0.5) is 4.39 Å². The predicted molar refractivity (Wildman–Crippen MR) is 71.1 cm³/mol. The van der Waals surface area contributed by atoms with Crippen molar-refractivity contribution < 1.29 is 13.9 Å². The van der Waals surface area contributed by atoms with Gasteiger partial charge in [-0.1, -0.05) is 6.92 Å². The van der Waals surface area contributed by atoms with Gasteiger partial charge in [-0.05, 0) is 39.6 Å². The Morgan fingerprint density at radius 2 is 2.11 bits per heavy atom. The van der Waals surface area contributed by atoms with Gasteiger partial charge in [0.25, 0.3) is 0 Å². The van der Waals surface area contributed by atoms with Crippen LogP contribution < -0.4 is 0 Å². The fraction of sp³-hybridized carbons (Fsp3) is 0.571. The molecule has 4 nitrogen and oxygen atoms in total. The lowest BCUT2D eigenvalue weighted by atomic mass is 9.86. The van der Waals surface area contributed by atoms with Crippen molar-refractivity contribution in [3.05, 3.63) is 29.8 Å². The van der Waals surface area contributed by atoms with Gasteiger partial charge in [-0.25, -0.2) is 4.39 Å². The number of hydrogen-bond acceptors (Lipinski definition) is 4. The molecule has 0 aliphatic rings. The molecule has 19 heavy (non-hydrogen) atoms. The molecule has 0 saturated carbocycles. The summed E-state index contributed by atoms with van der Waals surface area (Å²) < 4.78 is 18.0. The maximum Gasteiger partial charge on any atom is 0.308 e. The number of halogens is 1. The van der Waals surface area contributed by atoms with Crippen LogP contribution in [0.25, 0.3) is 0 Å². The normalized spacial score (nSPS) is 14.2. The van der Waals surface area contributed by atoms with E-state index in [1.165, 1.54) is 12.3 Å². The van der Waals surface area contributed by atoms with E-state index in [-0.39, 0.29) is 18.2 Å². The average Bonchev–Trinajstić information content (AvgIpc) is 2.37. The molecule has 0 spiro atoms. The van der Waals surface area contributed by atoms with Crippen molar-refractivity contribution in [3.8, 4) is 0 Å². The Labute approximate surface area is 113 Å². The molecule has 1 aromatic rings. The van der Waals surface area contributed by atoms with Crippen LogP contribution in [0.3, 0.4) is 0 Å². The molecule has 0 bridgehead atoms. The number of aromatic nitrogens is 1. The maximum atomic E-state index is 13.0. The predicted octanol–water partition coefficient (Wildman–Crippen LogP) is 2.34. The van der Waals surface area contributed by atoms with Crippen LogP contribution in [0.2, 0.25) is 0 Å². The van der Waals surface area contributed by atoms with Crippen molar-refractivity contribution in [2.75, 3.05) is 20.7 Å². The molecule has 1 aromatic heterocycles. The van der Waals surface area contributed by atoms with E-state index in [1.807, 2.05) is 25.9 Å². The molecule has 0 N–H and O–H groups in total. The Bertz CT molecular complexity index is 420. The Hall–Kier alpha value is -1.49. The van der Waals surface area contributed by atoms with E-state index in [0.29, 0.717) is 18.7 Å². The fourth-order valence-electron chi connectivity index (χ4n) is 2.20. The molecule has 5 heteroatoms. The van der Waals surface area contributed by atoms with Gasteiger partial charge in [0.1, 0.15) is 5.82 Å². The summed E-state index contributed by atoms with van der Waals surface area (Å²) in [5, 5.41) is 0. The SMILES string of the molecule is CCOC(=O)CC(CC)(c1ccc(F)cn1)N(C)C. The highest BCUT2D eigenvalue weighted by molar-refractivity contribution is 5.71. The second-order valence-corrected chi connectivity index (χ2v) is 4.62. The van der Waals surface area contributed by atoms with Crippen molar-refractivity contribution in [3.63, 3.8) is 0 Å². The Balaban J connectivity index is 3.11. The van der Waals surface area contributed by atoms with Crippen LogP contribution >= 0.6 is 0 Å². The first-order chi connectivity index (χ1) is 8.96. The van der Waals surface area contributed by atoms with Crippen LogP contribution in [0.15, 0.2) is 18.3 Å². The van der Waals surface area contributed by atoms with Gasteiger partial charge in [0, 0.05) is 0 Å². The molecule has 0 fully saturated rings. The van der Waals surface area contributed by atoms with Crippen molar-refractivity contribution >= 4 is 5.97 Å². The summed E-state index contributed by atoms with van der Waals surface area (Å²) in [5.74, 6) is -0.659. The van der Waals surface area contributed by atoms with Crippen LogP contribution in [-0.2, 0) is 15.1 Å². The topological polar surface area (TPSA) is 42.4 Å². The third-order valence-electron chi connectivity index (χ3n) is 3.39. The van der Waals surface area contributed by atoms with E-state index >= 15 is 0 Å². The smallest absolute Gasteiger partial charge is 0.308 e. The van der Waals surface area contributed by atoms with Crippen LogP contribution in [0.5, 0.6) is 0 Å². The van der Waals surface area contributed by atoms with Gasteiger partial charge in [-0.3, -0.25) is 14.7 Å². The lowest BCUT2D eigenvalue weighted by molar-refractivity contribution is -0.146. The Kier molecular flexibility index (Phi) is 5.42. The molecule has 0 radical (unpaired) electrons. The highest BCUT2D eigenvalue weighted by Crippen LogP contribution is 2.33. The van der Waals surface area contributed by atoms with Gasteiger partial charge >= 0.3 is 5.97 Å². The van der Waals surface area contributed by atoms with Crippen LogP contribution in [0, 0.1) is 5.82 Å².